The average Bonchev–Trinajstić information content (AvgIpc) is 3.08. The molecule has 132 valence electrons. The van der Waals surface area contributed by atoms with Crippen LogP contribution in [0.3, 0.4) is 0 Å². The van der Waals surface area contributed by atoms with Crippen LogP contribution >= 0.6 is 33.9 Å². The zero-order valence-corrected chi connectivity index (χ0v) is 15.8. The minimum atomic E-state index is -0.688. The van der Waals surface area contributed by atoms with Crippen LogP contribution in [0.15, 0.2) is 56.3 Å². The summed E-state index contributed by atoms with van der Waals surface area (Å²) in [6.07, 6.45) is 0.970. The molecule has 2 rings (SSSR count). The minimum Gasteiger partial charge on any atom is -0.355 e. The van der Waals surface area contributed by atoms with Gasteiger partial charge in [-0.1, -0.05) is 12.1 Å². The van der Waals surface area contributed by atoms with E-state index in [-0.39, 0.29) is 22.9 Å². The van der Waals surface area contributed by atoms with Gasteiger partial charge in [-0.05, 0) is 57.8 Å². The Kier molecular flexibility index (Phi) is 7.95. The van der Waals surface area contributed by atoms with Crippen LogP contribution in [0, 0.1) is 5.82 Å². The summed E-state index contributed by atoms with van der Waals surface area (Å²) >= 11 is 3.02. The SMILES string of the molecule is O=C(N/C(I)=C(F)/C=N\COCc1ccc(F)cc1)Nc1cccs1. The number of urea groups is 1. The highest BCUT2D eigenvalue weighted by Crippen LogP contribution is 2.15. The van der Waals surface area contributed by atoms with Gasteiger partial charge in [0.05, 0.1) is 17.8 Å². The molecule has 0 aliphatic heterocycles. The van der Waals surface area contributed by atoms with E-state index in [1.165, 1.54) is 23.5 Å². The van der Waals surface area contributed by atoms with Gasteiger partial charge in [0.2, 0.25) is 0 Å². The standard InChI is InChI=1S/C16H14F2IN3O2S/c17-12-5-3-11(4-6-12)9-24-10-20-8-13(18)15(19)22-16(23)21-14-2-1-7-25-14/h1-8H,9-10H2,(H2,21,22,23)/b15-13-,20-8-. The highest BCUT2D eigenvalue weighted by atomic mass is 127. The van der Waals surface area contributed by atoms with E-state index in [1.54, 1.807) is 46.9 Å². The Morgan fingerprint density at radius 3 is 2.76 bits per heavy atom. The van der Waals surface area contributed by atoms with Gasteiger partial charge in [0, 0.05) is 0 Å². The maximum atomic E-state index is 13.8. The molecule has 0 aliphatic rings. The van der Waals surface area contributed by atoms with Crippen molar-refractivity contribution in [2.75, 3.05) is 12.0 Å². The molecule has 1 heterocycles. The summed E-state index contributed by atoms with van der Waals surface area (Å²) in [7, 11) is 0. The molecule has 1 aromatic heterocycles. The normalized spacial score (nSPS) is 12.1. The molecule has 0 saturated carbocycles. The first kappa shape index (κ1) is 19.5. The molecule has 0 unspecified atom stereocenters. The molecule has 2 aromatic rings. The molecule has 9 heteroatoms. The van der Waals surface area contributed by atoms with Crippen molar-refractivity contribution in [3.63, 3.8) is 0 Å². The second-order valence-electron chi connectivity index (χ2n) is 4.63. The Balaban J connectivity index is 1.73. The molecule has 5 nitrogen and oxygen atoms in total. The van der Waals surface area contributed by atoms with E-state index in [2.05, 4.69) is 15.6 Å². The van der Waals surface area contributed by atoms with Crippen LogP contribution in [-0.4, -0.2) is 19.0 Å². The van der Waals surface area contributed by atoms with Crippen molar-refractivity contribution in [2.24, 2.45) is 4.99 Å². The summed E-state index contributed by atoms with van der Waals surface area (Å²) in [5.74, 6) is -1.01. The van der Waals surface area contributed by atoms with Crippen LogP contribution in [0.2, 0.25) is 0 Å². The molecule has 0 fully saturated rings. The topological polar surface area (TPSA) is 62.7 Å². The van der Waals surface area contributed by atoms with E-state index in [1.807, 2.05) is 5.38 Å². The summed E-state index contributed by atoms with van der Waals surface area (Å²) in [6, 6.07) is 8.84. The average molecular weight is 477 g/mol. The van der Waals surface area contributed by atoms with Gasteiger partial charge in [-0.3, -0.25) is 15.6 Å². The Hall–Kier alpha value is -1.85. The molecule has 2 N–H and O–H groups in total. The third kappa shape index (κ3) is 7.28. The van der Waals surface area contributed by atoms with Crippen LogP contribution in [-0.2, 0) is 11.3 Å². The van der Waals surface area contributed by atoms with Crippen molar-refractivity contribution < 1.29 is 18.3 Å². The van der Waals surface area contributed by atoms with Crippen LogP contribution in [0.5, 0.6) is 0 Å². The van der Waals surface area contributed by atoms with E-state index >= 15 is 0 Å². The lowest BCUT2D eigenvalue weighted by Crippen LogP contribution is -2.26. The first-order valence-corrected chi connectivity index (χ1v) is 8.99. The number of thiophene rings is 1. The number of halogens is 3. The number of ether oxygens (including phenoxy) is 1. The highest BCUT2D eigenvalue weighted by molar-refractivity contribution is 14.1. The maximum absolute atomic E-state index is 13.8. The highest BCUT2D eigenvalue weighted by Gasteiger charge is 2.07. The van der Waals surface area contributed by atoms with Gasteiger partial charge in [-0.2, -0.15) is 0 Å². The first-order chi connectivity index (χ1) is 12.0. The molecular formula is C16H14F2IN3O2S. The number of benzene rings is 1. The Labute approximate surface area is 160 Å². The molecule has 1 aromatic carbocycles. The van der Waals surface area contributed by atoms with Crippen molar-refractivity contribution in [3.05, 3.63) is 62.7 Å². The van der Waals surface area contributed by atoms with Gasteiger partial charge in [0.25, 0.3) is 0 Å². The van der Waals surface area contributed by atoms with Gasteiger partial charge >= 0.3 is 6.03 Å². The Morgan fingerprint density at radius 2 is 2.08 bits per heavy atom. The van der Waals surface area contributed by atoms with Crippen molar-refractivity contribution in [1.29, 1.82) is 0 Å². The number of rotatable bonds is 7. The smallest absolute Gasteiger partial charge is 0.324 e. The van der Waals surface area contributed by atoms with E-state index in [0.29, 0.717) is 5.00 Å². The first-order valence-electron chi connectivity index (χ1n) is 7.03. The number of nitrogens with zero attached hydrogens (tertiary/aromatic N) is 1. The van der Waals surface area contributed by atoms with Gasteiger partial charge in [0.15, 0.2) is 5.83 Å². The van der Waals surface area contributed by atoms with Gasteiger partial charge in [0.1, 0.15) is 16.3 Å². The summed E-state index contributed by atoms with van der Waals surface area (Å²) in [4.78, 5) is 15.4. The van der Waals surface area contributed by atoms with Crippen molar-refractivity contribution in [2.45, 2.75) is 6.61 Å². The number of aliphatic imine (C=N–C) groups is 1. The molecule has 0 atom stereocenters. The maximum Gasteiger partial charge on any atom is 0.324 e. The second-order valence-corrected chi connectivity index (χ2v) is 6.66. The summed E-state index contributed by atoms with van der Waals surface area (Å²) in [5, 5.41) is 7.42. The number of allylic oxidation sites excluding steroid dienone is 1. The van der Waals surface area contributed by atoms with Crippen LogP contribution < -0.4 is 10.6 Å². The quantitative estimate of drug-likeness (QED) is 0.260. The van der Waals surface area contributed by atoms with Crippen molar-refractivity contribution in [1.82, 2.24) is 5.32 Å². The molecule has 0 saturated heterocycles. The van der Waals surface area contributed by atoms with E-state index < -0.39 is 11.9 Å². The second kappa shape index (κ2) is 10.2. The number of nitrogens with one attached hydrogen (secondary N) is 2. The summed E-state index contributed by atoms with van der Waals surface area (Å²) in [5.41, 5.74) is 0.786. The minimum absolute atomic E-state index is 0.00828. The monoisotopic (exact) mass is 477 g/mol. The number of carbonyl (C=O) groups is 1. The molecule has 0 bridgehead atoms. The van der Waals surface area contributed by atoms with Crippen LogP contribution in [0.4, 0.5) is 18.6 Å². The fraction of sp³-hybridized carbons (Fsp3) is 0.125. The Bertz CT molecular complexity index is 749. The molecule has 0 radical (unpaired) electrons. The van der Waals surface area contributed by atoms with Crippen molar-refractivity contribution in [3.8, 4) is 0 Å². The fourth-order valence-corrected chi connectivity index (χ4v) is 2.62. The number of hydrogen-bond acceptors (Lipinski definition) is 4. The lowest BCUT2D eigenvalue weighted by Gasteiger charge is -2.05. The van der Waals surface area contributed by atoms with Crippen molar-refractivity contribution >= 4 is 51.2 Å². The number of hydrogen-bond donors (Lipinski definition) is 2. The van der Waals surface area contributed by atoms with E-state index in [9.17, 15) is 13.6 Å². The molecular weight excluding hydrogens is 463 g/mol. The van der Waals surface area contributed by atoms with Crippen LogP contribution in [0.1, 0.15) is 5.56 Å². The number of amides is 2. The summed E-state index contributed by atoms with van der Waals surface area (Å²) < 4.78 is 31.8. The zero-order valence-electron chi connectivity index (χ0n) is 12.8. The van der Waals surface area contributed by atoms with Gasteiger partial charge < -0.3 is 4.74 Å². The number of carbonyl (C=O) groups excluding carboxylic acids is 1. The Morgan fingerprint density at radius 1 is 1.32 bits per heavy atom. The number of anilines is 1. The molecule has 2 amide bonds. The van der Waals surface area contributed by atoms with Crippen LogP contribution in [0.25, 0.3) is 0 Å². The lowest BCUT2D eigenvalue weighted by atomic mass is 10.2. The predicted octanol–water partition coefficient (Wildman–Crippen LogP) is 4.83. The fourth-order valence-electron chi connectivity index (χ4n) is 1.62. The molecule has 0 spiro atoms. The third-order valence-corrected chi connectivity index (χ3v) is 4.31. The van der Waals surface area contributed by atoms with Gasteiger partial charge in [-0.25, -0.2) is 13.6 Å². The molecule has 25 heavy (non-hydrogen) atoms. The predicted molar refractivity (Wildman–Crippen MR) is 103 cm³/mol. The van der Waals surface area contributed by atoms with E-state index in [0.717, 1.165) is 11.8 Å². The van der Waals surface area contributed by atoms with E-state index in [4.69, 9.17) is 4.74 Å². The zero-order chi connectivity index (χ0) is 18.1. The molecule has 0 aliphatic carbocycles. The largest absolute Gasteiger partial charge is 0.355 e. The lowest BCUT2D eigenvalue weighted by molar-refractivity contribution is 0.129. The van der Waals surface area contributed by atoms with Gasteiger partial charge in [-0.15, -0.1) is 11.3 Å². The summed E-state index contributed by atoms with van der Waals surface area (Å²) in [6.45, 7) is 0.178. The third-order valence-electron chi connectivity index (χ3n) is 2.74.